The molecule has 0 aliphatic heterocycles. The Hall–Kier alpha value is -1.79. The quantitative estimate of drug-likeness (QED) is 0.570. The third-order valence-electron chi connectivity index (χ3n) is 2.93. The van der Waals surface area contributed by atoms with Crippen molar-refractivity contribution in [3.05, 3.63) is 36.9 Å². The monoisotopic (exact) mass is 308 g/mol. The number of rotatable bonds is 8. The molecule has 0 heterocycles. The fourth-order valence-electron chi connectivity index (χ4n) is 1.59. The lowest BCUT2D eigenvalue weighted by molar-refractivity contribution is -0.142. The SMILES string of the molecule is C=CCSc1ccccc1NC(=O)CN(C)C(C)C(=O)O. The molecule has 0 aliphatic rings. The number of thioether (sulfide) groups is 1. The van der Waals surface area contributed by atoms with Crippen LogP contribution in [0.4, 0.5) is 5.69 Å². The van der Waals surface area contributed by atoms with Crippen LogP contribution in [-0.2, 0) is 9.59 Å². The third kappa shape index (κ3) is 5.61. The van der Waals surface area contributed by atoms with E-state index in [-0.39, 0.29) is 12.5 Å². The third-order valence-corrected chi connectivity index (χ3v) is 4.00. The standard InChI is InChI=1S/C15H20N2O3S/c1-4-9-21-13-8-6-5-7-12(13)16-14(18)10-17(3)11(2)15(19)20/h4-8,11H,1,9-10H2,2-3H3,(H,16,18)(H,19,20). The summed E-state index contributed by atoms with van der Waals surface area (Å²) in [6.07, 6.45) is 1.80. The van der Waals surface area contributed by atoms with Gasteiger partial charge in [0.05, 0.1) is 12.2 Å². The maximum Gasteiger partial charge on any atom is 0.320 e. The molecule has 0 aliphatic carbocycles. The highest BCUT2D eigenvalue weighted by Gasteiger charge is 2.19. The first kappa shape index (κ1) is 17.3. The Balaban J connectivity index is 2.66. The van der Waals surface area contributed by atoms with E-state index in [1.54, 1.807) is 31.8 Å². The van der Waals surface area contributed by atoms with Gasteiger partial charge in [0.25, 0.3) is 0 Å². The molecule has 0 radical (unpaired) electrons. The summed E-state index contributed by atoms with van der Waals surface area (Å²) in [5.74, 6) is -0.437. The second-order valence-electron chi connectivity index (χ2n) is 4.57. The number of hydrogen-bond donors (Lipinski definition) is 2. The van der Waals surface area contributed by atoms with E-state index < -0.39 is 12.0 Å². The molecule has 6 heteroatoms. The Bertz CT molecular complexity index is 519. The number of carbonyl (C=O) groups is 2. The first-order valence-corrected chi connectivity index (χ1v) is 7.50. The predicted octanol–water partition coefficient (Wildman–Crippen LogP) is 2.31. The van der Waals surface area contributed by atoms with Crippen molar-refractivity contribution in [2.45, 2.75) is 17.9 Å². The Morgan fingerprint density at radius 2 is 2.14 bits per heavy atom. The maximum atomic E-state index is 12.0. The largest absolute Gasteiger partial charge is 0.480 e. The number of anilines is 1. The molecule has 1 atom stereocenters. The summed E-state index contributed by atoms with van der Waals surface area (Å²) in [4.78, 5) is 25.3. The van der Waals surface area contributed by atoms with Gasteiger partial charge >= 0.3 is 5.97 Å². The van der Waals surface area contributed by atoms with Crippen molar-refractivity contribution in [2.24, 2.45) is 0 Å². The van der Waals surface area contributed by atoms with E-state index in [1.807, 2.05) is 24.3 Å². The molecule has 0 saturated heterocycles. The lowest BCUT2D eigenvalue weighted by atomic mass is 10.3. The fourth-order valence-corrected chi connectivity index (χ4v) is 2.33. The number of hydrogen-bond acceptors (Lipinski definition) is 4. The van der Waals surface area contributed by atoms with Gasteiger partial charge in [0.2, 0.25) is 5.91 Å². The summed E-state index contributed by atoms with van der Waals surface area (Å²) in [5, 5.41) is 11.7. The van der Waals surface area contributed by atoms with Crippen LogP contribution >= 0.6 is 11.8 Å². The van der Waals surface area contributed by atoms with Gasteiger partial charge in [0.1, 0.15) is 6.04 Å². The Labute approximate surface area is 129 Å². The van der Waals surface area contributed by atoms with Crippen LogP contribution in [0.5, 0.6) is 0 Å². The van der Waals surface area contributed by atoms with Gasteiger partial charge in [-0.1, -0.05) is 18.2 Å². The summed E-state index contributed by atoms with van der Waals surface area (Å²) in [5.41, 5.74) is 0.728. The average Bonchev–Trinajstić information content (AvgIpc) is 2.45. The molecule has 1 rings (SSSR count). The number of amides is 1. The molecule has 1 amide bonds. The fraction of sp³-hybridized carbons (Fsp3) is 0.333. The zero-order chi connectivity index (χ0) is 15.8. The summed E-state index contributed by atoms with van der Waals surface area (Å²) >= 11 is 1.58. The minimum Gasteiger partial charge on any atom is -0.480 e. The topological polar surface area (TPSA) is 69.6 Å². The highest BCUT2D eigenvalue weighted by Crippen LogP contribution is 2.26. The van der Waals surface area contributed by atoms with Crippen LogP contribution in [0, 0.1) is 0 Å². The van der Waals surface area contributed by atoms with E-state index in [9.17, 15) is 9.59 Å². The zero-order valence-corrected chi connectivity index (χ0v) is 13.0. The van der Waals surface area contributed by atoms with Crippen molar-refractivity contribution in [2.75, 3.05) is 24.7 Å². The van der Waals surface area contributed by atoms with Crippen molar-refractivity contribution in [1.29, 1.82) is 0 Å². The minimum atomic E-state index is -0.952. The van der Waals surface area contributed by atoms with Gasteiger partial charge in [0, 0.05) is 10.6 Å². The molecular formula is C15H20N2O3S. The van der Waals surface area contributed by atoms with E-state index in [2.05, 4.69) is 11.9 Å². The van der Waals surface area contributed by atoms with Gasteiger partial charge in [-0.2, -0.15) is 0 Å². The van der Waals surface area contributed by atoms with E-state index in [0.717, 1.165) is 16.3 Å². The number of carboxylic acids is 1. The molecule has 1 aromatic carbocycles. The van der Waals surface area contributed by atoms with E-state index in [0.29, 0.717) is 0 Å². The molecule has 5 nitrogen and oxygen atoms in total. The first-order chi connectivity index (χ1) is 9.95. The van der Waals surface area contributed by atoms with Gasteiger partial charge in [-0.05, 0) is 26.1 Å². The molecule has 0 aromatic heterocycles. The summed E-state index contributed by atoms with van der Waals surface area (Å²) < 4.78 is 0. The molecule has 0 fully saturated rings. The van der Waals surface area contributed by atoms with Crippen molar-refractivity contribution < 1.29 is 14.7 Å². The molecular weight excluding hydrogens is 288 g/mol. The van der Waals surface area contributed by atoms with Gasteiger partial charge in [-0.15, -0.1) is 18.3 Å². The number of nitrogens with zero attached hydrogens (tertiary/aromatic N) is 1. The number of benzene rings is 1. The molecule has 0 spiro atoms. The molecule has 21 heavy (non-hydrogen) atoms. The molecule has 114 valence electrons. The van der Waals surface area contributed by atoms with Crippen LogP contribution in [0.25, 0.3) is 0 Å². The molecule has 2 N–H and O–H groups in total. The summed E-state index contributed by atoms with van der Waals surface area (Å²) in [6, 6.07) is 6.79. The van der Waals surface area contributed by atoms with Gasteiger partial charge in [-0.25, -0.2) is 0 Å². The average molecular weight is 308 g/mol. The summed E-state index contributed by atoms with van der Waals surface area (Å²) in [7, 11) is 1.61. The molecule has 0 saturated carbocycles. The number of nitrogens with one attached hydrogen (secondary N) is 1. The first-order valence-electron chi connectivity index (χ1n) is 6.51. The number of likely N-dealkylation sites (N-methyl/N-ethyl adjacent to an activating group) is 1. The Kier molecular flexibility index (Phi) is 6.98. The van der Waals surface area contributed by atoms with E-state index in [1.165, 1.54) is 4.90 Å². The lowest BCUT2D eigenvalue weighted by Crippen LogP contribution is -2.40. The molecule has 1 unspecified atom stereocenters. The second kappa shape index (κ2) is 8.49. The highest BCUT2D eigenvalue weighted by molar-refractivity contribution is 7.99. The summed E-state index contributed by atoms with van der Waals surface area (Å²) in [6.45, 7) is 5.24. The second-order valence-corrected chi connectivity index (χ2v) is 5.64. The van der Waals surface area contributed by atoms with Crippen LogP contribution < -0.4 is 5.32 Å². The Morgan fingerprint density at radius 3 is 2.76 bits per heavy atom. The number of para-hydroxylation sites is 1. The molecule has 0 bridgehead atoms. The van der Waals surface area contributed by atoms with Crippen molar-refractivity contribution in [3.63, 3.8) is 0 Å². The highest BCUT2D eigenvalue weighted by atomic mass is 32.2. The number of carboxylic acid groups (broad SMARTS) is 1. The maximum absolute atomic E-state index is 12.0. The smallest absolute Gasteiger partial charge is 0.320 e. The van der Waals surface area contributed by atoms with Gasteiger partial charge < -0.3 is 10.4 Å². The lowest BCUT2D eigenvalue weighted by Gasteiger charge is -2.20. The van der Waals surface area contributed by atoms with Crippen molar-refractivity contribution in [1.82, 2.24) is 4.90 Å². The number of aliphatic carboxylic acids is 1. The normalized spacial score (nSPS) is 12.0. The van der Waals surface area contributed by atoms with E-state index >= 15 is 0 Å². The predicted molar refractivity (Wildman–Crippen MR) is 85.7 cm³/mol. The van der Waals surface area contributed by atoms with Crippen LogP contribution in [0.3, 0.4) is 0 Å². The van der Waals surface area contributed by atoms with Crippen LogP contribution in [-0.4, -0.2) is 47.3 Å². The Morgan fingerprint density at radius 1 is 1.48 bits per heavy atom. The van der Waals surface area contributed by atoms with Crippen LogP contribution in [0.1, 0.15) is 6.92 Å². The van der Waals surface area contributed by atoms with Crippen molar-refractivity contribution in [3.8, 4) is 0 Å². The zero-order valence-electron chi connectivity index (χ0n) is 12.2. The van der Waals surface area contributed by atoms with E-state index in [4.69, 9.17) is 5.11 Å². The van der Waals surface area contributed by atoms with Gasteiger partial charge in [0.15, 0.2) is 0 Å². The van der Waals surface area contributed by atoms with Crippen LogP contribution in [0.15, 0.2) is 41.8 Å². The van der Waals surface area contributed by atoms with Crippen molar-refractivity contribution >= 4 is 29.3 Å². The van der Waals surface area contributed by atoms with Crippen LogP contribution in [0.2, 0.25) is 0 Å². The number of carbonyl (C=O) groups excluding carboxylic acids is 1. The molecule has 1 aromatic rings. The van der Waals surface area contributed by atoms with Gasteiger partial charge in [-0.3, -0.25) is 14.5 Å². The minimum absolute atomic E-state index is 0.0218.